The van der Waals surface area contributed by atoms with E-state index in [1.807, 2.05) is 18.2 Å². The summed E-state index contributed by atoms with van der Waals surface area (Å²) in [5.41, 5.74) is 2.45. The molecular formula is C15H20N2. The zero-order valence-electron chi connectivity index (χ0n) is 10.7. The van der Waals surface area contributed by atoms with E-state index < -0.39 is 0 Å². The number of nitrogens with zero attached hydrogens (tertiary/aromatic N) is 2. The standard InChI is InChI=1S/C15H20N2/c1-15(2)7-4-8-17(12-15)11-14-6-3-5-13(9-14)10-16/h3,5-6,9H,4,7-8,11-12H2,1-2H3. The van der Waals surface area contributed by atoms with Crippen LogP contribution >= 0.6 is 0 Å². The third kappa shape index (κ3) is 3.31. The molecule has 2 nitrogen and oxygen atoms in total. The SMILES string of the molecule is CC1(C)CCCN(Cc2cccc(C#N)c2)C1. The summed E-state index contributed by atoms with van der Waals surface area (Å²) in [6.07, 6.45) is 2.60. The van der Waals surface area contributed by atoms with Crippen molar-refractivity contribution in [2.45, 2.75) is 33.2 Å². The summed E-state index contributed by atoms with van der Waals surface area (Å²) < 4.78 is 0. The van der Waals surface area contributed by atoms with Crippen LogP contribution < -0.4 is 0 Å². The molecule has 2 rings (SSSR count). The lowest BCUT2D eigenvalue weighted by Crippen LogP contribution is -2.39. The molecule has 0 aromatic heterocycles. The van der Waals surface area contributed by atoms with Crippen LogP contribution in [0.1, 0.15) is 37.8 Å². The van der Waals surface area contributed by atoms with E-state index in [2.05, 4.69) is 30.9 Å². The van der Waals surface area contributed by atoms with E-state index in [1.165, 1.54) is 24.9 Å². The Morgan fingerprint density at radius 3 is 2.94 bits per heavy atom. The molecular weight excluding hydrogens is 208 g/mol. The quantitative estimate of drug-likeness (QED) is 0.777. The van der Waals surface area contributed by atoms with Crippen LogP contribution in [0.4, 0.5) is 0 Å². The molecule has 0 spiro atoms. The molecule has 0 N–H and O–H groups in total. The maximum absolute atomic E-state index is 8.89. The summed E-state index contributed by atoms with van der Waals surface area (Å²) in [6, 6.07) is 10.2. The number of benzene rings is 1. The van der Waals surface area contributed by atoms with Gasteiger partial charge in [-0.25, -0.2) is 0 Å². The van der Waals surface area contributed by atoms with E-state index >= 15 is 0 Å². The second-order valence-corrected chi connectivity index (χ2v) is 5.79. The Kier molecular flexibility index (Phi) is 3.49. The van der Waals surface area contributed by atoms with Crippen LogP contribution in [-0.4, -0.2) is 18.0 Å². The molecule has 1 aromatic rings. The topological polar surface area (TPSA) is 27.0 Å². The van der Waals surface area contributed by atoms with Gasteiger partial charge < -0.3 is 0 Å². The van der Waals surface area contributed by atoms with Crippen molar-refractivity contribution in [1.82, 2.24) is 4.90 Å². The van der Waals surface area contributed by atoms with Crippen molar-refractivity contribution in [2.24, 2.45) is 5.41 Å². The van der Waals surface area contributed by atoms with Crippen LogP contribution in [-0.2, 0) is 6.54 Å². The van der Waals surface area contributed by atoms with Gasteiger partial charge in [-0.05, 0) is 42.5 Å². The molecule has 1 aliphatic rings. The van der Waals surface area contributed by atoms with Crippen LogP contribution in [0.2, 0.25) is 0 Å². The summed E-state index contributed by atoms with van der Waals surface area (Å²) >= 11 is 0. The first kappa shape index (κ1) is 12.1. The number of hydrogen-bond donors (Lipinski definition) is 0. The van der Waals surface area contributed by atoms with Gasteiger partial charge in [0.1, 0.15) is 0 Å². The van der Waals surface area contributed by atoms with Gasteiger partial charge in [-0.2, -0.15) is 5.26 Å². The van der Waals surface area contributed by atoms with Gasteiger partial charge in [0.05, 0.1) is 11.6 Å². The highest BCUT2D eigenvalue weighted by atomic mass is 15.1. The van der Waals surface area contributed by atoms with Crippen LogP contribution in [0.5, 0.6) is 0 Å². The molecule has 2 heteroatoms. The van der Waals surface area contributed by atoms with Crippen molar-refractivity contribution in [3.8, 4) is 6.07 Å². The second-order valence-electron chi connectivity index (χ2n) is 5.79. The summed E-state index contributed by atoms with van der Waals surface area (Å²) in [5.74, 6) is 0. The molecule has 0 saturated carbocycles. The summed E-state index contributed by atoms with van der Waals surface area (Å²) in [5, 5.41) is 8.89. The first-order valence-corrected chi connectivity index (χ1v) is 6.30. The fourth-order valence-electron chi connectivity index (χ4n) is 2.68. The lowest BCUT2D eigenvalue weighted by molar-refractivity contribution is 0.111. The normalized spacial score (nSPS) is 19.8. The van der Waals surface area contributed by atoms with Crippen molar-refractivity contribution in [1.29, 1.82) is 5.26 Å². The highest BCUT2D eigenvalue weighted by Gasteiger charge is 2.25. The number of rotatable bonds is 2. The van der Waals surface area contributed by atoms with E-state index in [0.717, 1.165) is 18.7 Å². The molecule has 0 radical (unpaired) electrons. The Hall–Kier alpha value is -1.33. The van der Waals surface area contributed by atoms with Crippen LogP contribution in [0, 0.1) is 16.7 Å². The van der Waals surface area contributed by atoms with Gasteiger partial charge in [0, 0.05) is 13.1 Å². The lowest BCUT2D eigenvalue weighted by Gasteiger charge is -2.38. The summed E-state index contributed by atoms with van der Waals surface area (Å²) in [7, 11) is 0. The monoisotopic (exact) mass is 228 g/mol. The van der Waals surface area contributed by atoms with Crippen molar-refractivity contribution in [3.63, 3.8) is 0 Å². The highest BCUT2D eigenvalue weighted by molar-refractivity contribution is 5.32. The molecule has 1 saturated heterocycles. The van der Waals surface area contributed by atoms with Gasteiger partial charge in [0.25, 0.3) is 0 Å². The average molecular weight is 228 g/mol. The van der Waals surface area contributed by atoms with E-state index in [1.54, 1.807) is 0 Å². The van der Waals surface area contributed by atoms with Crippen molar-refractivity contribution in [2.75, 3.05) is 13.1 Å². The second kappa shape index (κ2) is 4.89. The van der Waals surface area contributed by atoms with Crippen molar-refractivity contribution in [3.05, 3.63) is 35.4 Å². The van der Waals surface area contributed by atoms with Gasteiger partial charge in [-0.3, -0.25) is 4.90 Å². The van der Waals surface area contributed by atoms with Gasteiger partial charge in [-0.15, -0.1) is 0 Å². The predicted molar refractivity (Wildman–Crippen MR) is 69.4 cm³/mol. The molecule has 0 aliphatic carbocycles. The van der Waals surface area contributed by atoms with Crippen LogP contribution in [0.3, 0.4) is 0 Å². The maximum Gasteiger partial charge on any atom is 0.0991 e. The van der Waals surface area contributed by atoms with Gasteiger partial charge in [0.15, 0.2) is 0 Å². The molecule has 0 atom stereocenters. The minimum absolute atomic E-state index is 0.436. The fraction of sp³-hybridized carbons (Fsp3) is 0.533. The molecule has 90 valence electrons. The zero-order chi connectivity index (χ0) is 12.3. The van der Waals surface area contributed by atoms with E-state index in [9.17, 15) is 0 Å². The van der Waals surface area contributed by atoms with Gasteiger partial charge in [-0.1, -0.05) is 26.0 Å². The number of piperidine rings is 1. The van der Waals surface area contributed by atoms with E-state index in [-0.39, 0.29) is 0 Å². The molecule has 0 bridgehead atoms. The minimum Gasteiger partial charge on any atom is -0.299 e. The Labute approximate surface area is 104 Å². The molecule has 17 heavy (non-hydrogen) atoms. The third-order valence-electron chi connectivity index (χ3n) is 3.44. The maximum atomic E-state index is 8.89. The van der Waals surface area contributed by atoms with Gasteiger partial charge >= 0.3 is 0 Å². The predicted octanol–water partition coefficient (Wildman–Crippen LogP) is 3.18. The molecule has 1 aliphatic heterocycles. The number of likely N-dealkylation sites (tertiary alicyclic amines) is 1. The third-order valence-corrected chi connectivity index (χ3v) is 3.44. The fourth-order valence-corrected chi connectivity index (χ4v) is 2.68. The largest absolute Gasteiger partial charge is 0.299 e. The average Bonchev–Trinajstić information content (AvgIpc) is 2.28. The van der Waals surface area contributed by atoms with Crippen molar-refractivity contribution >= 4 is 0 Å². The number of nitriles is 1. The Bertz CT molecular complexity index is 429. The zero-order valence-corrected chi connectivity index (χ0v) is 10.7. The van der Waals surface area contributed by atoms with E-state index in [0.29, 0.717) is 5.41 Å². The van der Waals surface area contributed by atoms with Crippen molar-refractivity contribution < 1.29 is 0 Å². The summed E-state index contributed by atoms with van der Waals surface area (Å²) in [6.45, 7) is 7.98. The summed E-state index contributed by atoms with van der Waals surface area (Å²) in [4.78, 5) is 2.50. The number of hydrogen-bond acceptors (Lipinski definition) is 2. The molecule has 1 fully saturated rings. The van der Waals surface area contributed by atoms with Crippen LogP contribution in [0.25, 0.3) is 0 Å². The Balaban J connectivity index is 2.03. The van der Waals surface area contributed by atoms with Crippen LogP contribution in [0.15, 0.2) is 24.3 Å². The minimum atomic E-state index is 0.436. The van der Waals surface area contributed by atoms with E-state index in [4.69, 9.17) is 5.26 Å². The first-order chi connectivity index (χ1) is 8.09. The lowest BCUT2D eigenvalue weighted by atomic mass is 9.84. The van der Waals surface area contributed by atoms with Gasteiger partial charge in [0.2, 0.25) is 0 Å². The molecule has 0 amide bonds. The Morgan fingerprint density at radius 2 is 2.24 bits per heavy atom. The smallest absolute Gasteiger partial charge is 0.0991 e. The Morgan fingerprint density at radius 1 is 1.41 bits per heavy atom. The molecule has 1 heterocycles. The first-order valence-electron chi connectivity index (χ1n) is 6.30. The molecule has 0 unspecified atom stereocenters. The highest BCUT2D eigenvalue weighted by Crippen LogP contribution is 2.29. The molecule has 1 aromatic carbocycles.